The maximum absolute atomic E-state index is 4.43. The summed E-state index contributed by atoms with van der Waals surface area (Å²) in [7, 11) is 0. The van der Waals surface area contributed by atoms with Crippen LogP contribution in [0.2, 0.25) is 0 Å². The van der Waals surface area contributed by atoms with Crippen LogP contribution in [0.4, 0.5) is 5.82 Å². The van der Waals surface area contributed by atoms with E-state index in [0.29, 0.717) is 0 Å². The highest BCUT2D eigenvalue weighted by molar-refractivity contribution is 5.37. The minimum absolute atomic E-state index is 0.152. The zero-order chi connectivity index (χ0) is 15.2. The SMILES string of the molecule is Cc1nccc(NC(CCn2cncn2)c2ccccc2)n1. The summed E-state index contributed by atoms with van der Waals surface area (Å²) >= 11 is 0. The van der Waals surface area contributed by atoms with Gasteiger partial charge in [0.2, 0.25) is 0 Å². The zero-order valence-electron chi connectivity index (χ0n) is 12.4. The van der Waals surface area contributed by atoms with Crippen molar-refractivity contribution >= 4 is 5.82 Å². The highest BCUT2D eigenvalue weighted by Gasteiger charge is 2.12. The molecule has 3 aromatic rings. The predicted octanol–water partition coefficient (Wildman–Crippen LogP) is 2.62. The molecule has 0 aliphatic rings. The second kappa shape index (κ2) is 6.80. The molecule has 2 aromatic heterocycles. The van der Waals surface area contributed by atoms with Crippen molar-refractivity contribution in [1.82, 2.24) is 24.7 Å². The molecule has 6 nitrogen and oxygen atoms in total. The van der Waals surface area contributed by atoms with E-state index in [1.807, 2.05) is 35.9 Å². The molecule has 0 bridgehead atoms. The van der Waals surface area contributed by atoms with Crippen LogP contribution in [0.25, 0.3) is 0 Å². The molecule has 1 unspecified atom stereocenters. The van der Waals surface area contributed by atoms with E-state index in [4.69, 9.17) is 0 Å². The van der Waals surface area contributed by atoms with E-state index in [-0.39, 0.29) is 6.04 Å². The number of benzene rings is 1. The van der Waals surface area contributed by atoms with Crippen molar-refractivity contribution in [1.29, 1.82) is 0 Å². The first-order valence-corrected chi connectivity index (χ1v) is 7.25. The van der Waals surface area contributed by atoms with Crippen molar-refractivity contribution in [2.75, 3.05) is 5.32 Å². The molecule has 0 aliphatic heterocycles. The fraction of sp³-hybridized carbons (Fsp3) is 0.250. The first-order chi connectivity index (χ1) is 10.8. The summed E-state index contributed by atoms with van der Waals surface area (Å²) in [5, 5.41) is 7.64. The molecular weight excluding hydrogens is 276 g/mol. The Labute approximate surface area is 129 Å². The lowest BCUT2D eigenvalue weighted by molar-refractivity contribution is 0.537. The Balaban J connectivity index is 1.76. The van der Waals surface area contributed by atoms with Crippen LogP contribution < -0.4 is 5.32 Å². The Hall–Kier alpha value is -2.76. The number of nitrogens with one attached hydrogen (secondary N) is 1. The van der Waals surface area contributed by atoms with Gasteiger partial charge in [-0.15, -0.1) is 0 Å². The molecule has 0 aliphatic carbocycles. The molecule has 112 valence electrons. The highest BCUT2D eigenvalue weighted by atomic mass is 15.3. The summed E-state index contributed by atoms with van der Waals surface area (Å²) in [6, 6.07) is 12.4. The maximum Gasteiger partial charge on any atom is 0.137 e. The molecule has 22 heavy (non-hydrogen) atoms. The van der Waals surface area contributed by atoms with Crippen LogP contribution in [-0.4, -0.2) is 24.7 Å². The molecule has 2 heterocycles. The lowest BCUT2D eigenvalue weighted by Crippen LogP contribution is -2.15. The summed E-state index contributed by atoms with van der Waals surface area (Å²) in [4.78, 5) is 12.5. The van der Waals surface area contributed by atoms with E-state index in [9.17, 15) is 0 Å². The second-order valence-corrected chi connectivity index (χ2v) is 5.04. The van der Waals surface area contributed by atoms with Gasteiger partial charge in [-0.3, -0.25) is 4.68 Å². The minimum Gasteiger partial charge on any atom is -0.363 e. The number of hydrogen-bond donors (Lipinski definition) is 1. The number of anilines is 1. The Morgan fingerprint density at radius 1 is 1.18 bits per heavy atom. The number of rotatable bonds is 6. The molecule has 1 atom stereocenters. The van der Waals surface area contributed by atoms with Gasteiger partial charge in [0.15, 0.2) is 0 Å². The summed E-state index contributed by atoms with van der Waals surface area (Å²) in [6.45, 7) is 2.68. The largest absolute Gasteiger partial charge is 0.363 e. The van der Waals surface area contributed by atoms with Gasteiger partial charge in [-0.2, -0.15) is 5.10 Å². The van der Waals surface area contributed by atoms with Gasteiger partial charge >= 0.3 is 0 Å². The molecule has 3 rings (SSSR count). The molecular formula is C16H18N6. The van der Waals surface area contributed by atoms with Gasteiger partial charge in [0.1, 0.15) is 24.3 Å². The van der Waals surface area contributed by atoms with Crippen molar-refractivity contribution < 1.29 is 0 Å². The van der Waals surface area contributed by atoms with Gasteiger partial charge < -0.3 is 5.32 Å². The van der Waals surface area contributed by atoms with Crippen molar-refractivity contribution in [3.8, 4) is 0 Å². The van der Waals surface area contributed by atoms with Gasteiger partial charge in [-0.25, -0.2) is 15.0 Å². The molecule has 0 saturated carbocycles. The maximum atomic E-state index is 4.43. The number of hydrogen-bond acceptors (Lipinski definition) is 5. The normalized spacial score (nSPS) is 12.0. The predicted molar refractivity (Wildman–Crippen MR) is 84.2 cm³/mol. The van der Waals surface area contributed by atoms with Crippen LogP contribution >= 0.6 is 0 Å². The smallest absolute Gasteiger partial charge is 0.137 e. The lowest BCUT2D eigenvalue weighted by atomic mass is 10.0. The Bertz CT molecular complexity index is 696. The molecule has 0 radical (unpaired) electrons. The quantitative estimate of drug-likeness (QED) is 0.757. The zero-order valence-corrected chi connectivity index (χ0v) is 12.4. The fourth-order valence-electron chi connectivity index (χ4n) is 2.33. The number of nitrogens with zero attached hydrogens (tertiary/aromatic N) is 5. The highest BCUT2D eigenvalue weighted by Crippen LogP contribution is 2.22. The third-order valence-corrected chi connectivity index (χ3v) is 3.41. The summed E-state index contributed by atoms with van der Waals surface area (Å²) in [5.74, 6) is 1.59. The first kappa shape index (κ1) is 14.2. The van der Waals surface area contributed by atoms with Crippen LogP contribution in [0.5, 0.6) is 0 Å². The monoisotopic (exact) mass is 294 g/mol. The van der Waals surface area contributed by atoms with Gasteiger partial charge in [0, 0.05) is 12.7 Å². The van der Waals surface area contributed by atoms with Crippen LogP contribution in [0.1, 0.15) is 23.9 Å². The van der Waals surface area contributed by atoms with E-state index >= 15 is 0 Å². The third-order valence-electron chi connectivity index (χ3n) is 3.41. The van der Waals surface area contributed by atoms with E-state index in [2.05, 4.69) is 37.5 Å². The van der Waals surface area contributed by atoms with Gasteiger partial charge in [0.25, 0.3) is 0 Å². The van der Waals surface area contributed by atoms with Crippen molar-refractivity contribution in [2.45, 2.75) is 25.9 Å². The van der Waals surface area contributed by atoms with Crippen molar-refractivity contribution in [3.05, 3.63) is 66.6 Å². The third kappa shape index (κ3) is 3.66. The van der Waals surface area contributed by atoms with Crippen molar-refractivity contribution in [2.24, 2.45) is 0 Å². The number of aromatic nitrogens is 5. The fourth-order valence-corrected chi connectivity index (χ4v) is 2.33. The standard InChI is InChI=1S/C16H18N6/c1-13-18-9-7-16(20-13)21-15(14-5-3-2-4-6-14)8-10-22-12-17-11-19-22/h2-7,9,11-12,15H,8,10H2,1H3,(H,18,20,21). The molecule has 0 saturated heterocycles. The molecule has 0 spiro atoms. The summed E-state index contributed by atoms with van der Waals surface area (Å²) in [6.07, 6.45) is 5.94. The van der Waals surface area contributed by atoms with Crippen LogP contribution in [0.15, 0.2) is 55.2 Å². The Kier molecular flexibility index (Phi) is 4.38. The Morgan fingerprint density at radius 2 is 2.05 bits per heavy atom. The minimum atomic E-state index is 0.152. The van der Waals surface area contributed by atoms with E-state index < -0.39 is 0 Å². The molecule has 1 N–H and O–H groups in total. The molecule has 0 amide bonds. The van der Waals surface area contributed by atoms with E-state index in [1.54, 1.807) is 18.9 Å². The van der Waals surface area contributed by atoms with Gasteiger partial charge in [0.05, 0.1) is 6.04 Å². The topological polar surface area (TPSA) is 68.5 Å². The average Bonchev–Trinajstić information content (AvgIpc) is 3.06. The Morgan fingerprint density at radius 3 is 2.77 bits per heavy atom. The van der Waals surface area contributed by atoms with Crippen LogP contribution in [-0.2, 0) is 6.54 Å². The molecule has 6 heteroatoms. The first-order valence-electron chi connectivity index (χ1n) is 7.25. The molecule has 0 fully saturated rings. The van der Waals surface area contributed by atoms with Crippen LogP contribution in [0, 0.1) is 6.92 Å². The van der Waals surface area contributed by atoms with E-state index in [0.717, 1.165) is 24.6 Å². The van der Waals surface area contributed by atoms with Crippen molar-refractivity contribution in [3.63, 3.8) is 0 Å². The lowest BCUT2D eigenvalue weighted by Gasteiger charge is -2.20. The average molecular weight is 294 g/mol. The van der Waals surface area contributed by atoms with Gasteiger partial charge in [-0.05, 0) is 25.0 Å². The summed E-state index contributed by atoms with van der Waals surface area (Å²) < 4.78 is 1.84. The van der Waals surface area contributed by atoms with Crippen LogP contribution in [0.3, 0.4) is 0 Å². The summed E-state index contributed by atoms with van der Waals surface area (Å²) in [5.41, 5.74) is 1.22. The van der Waals surface area contributed by atoms with Gasteiger partial charge in [-0.1, -0.05) is 30.3 Å². The molecule has 1 aromatic carbocycles. The van der Waals surface area contributed by atoms with E-state index in [1.165, 1.54) is 5.56 Å². The second-order valence-electron chi connectivity index (χ2n) is 5.04. The number of aryl methyl sites for hydroxylation is 2.